The molecular weight excluding hydrogens is 212 g/mol. The van der Waals surface area contributed by atoms with Gasteiger partial charge in [0.05, 0.1) is 12.1 Å². The molecule has 0 spiro atoms. The summed E-state index contributed by atoms with van der Waals surface area (Å²) in [5.41, 5.74) is 8.23. The first-order valence-electron chi connectivity index (χ1n) is 6.23. The summed E-state index contributed by atoms with van der Waals surface area (Å²) in [6.45, 7) is 2.12. The fourth-order valence-electron chi connectivity index (χ4n) is 2.20. The van der Waals surface area contributed by atoms with Crippen molar-refractivity contribution in [2.24, 2.45) is 5.73 Å². The molecule has 1 aromatic heterocycles. The van der Waals surface area contributed by atoms with Crippen LogP contribution in [0.3, 0.4) is 0 Å². The Morgan fingerprint density at radius 3 is 2.94 bits per heavy atom. The Balaban J connectivity index is 2.23. The van der Waals surface area contributed by atoms with Crippen molar-refractivity contribution in [2.75, 3.05) is 0 Å². The Labute approximate surface area is 102 Å². The minimum absolute atomic E-state index is 0.305. The summed E-state index contributed by atoms with van der Waals surface area (Å²) in [6, 6.07) is 7.69. The van der Waals surface area contributed by atoms with E-state index in [9.17, 15) is 5.11 Å². The number of hydrogen-bond donors (Lipinski definition) is 3. The topological polar surface area (TPSA) is 62.0 Å². The zero-order valence-electron chi connectivity index (χ0n) is 10.2. The van der Waals surface area contributed by atoms with E-state index in [1.807, 2.05) is 30.5 Å². The first-order valence-corrected chi connectivity index (χ1v) is 6.23. The maximum atomic E-state index is 10.1. The van der Waals surface area contributed by atoms with Gasteiger partial charge in [0.15, 0.2) is 0 Å². The quantitative estimate of drug-likeness (QED) is 0.742. The molecule has 0 bridgehead atoms. The molecule has 0 aliphatic rings. The van der Waals surface area contributed by atoms with E-state index in [1.165, 1.54) is 0 Å². The van der Waals surface area contributed by atoms with Crippen molar-refractivity contribution in [3.63, 3.8) is 0 Å². The molecule has 2 aromatic rings. The number of hydrogen-bond acceptors (Lipinski definition) is 2. The Bertz CT molecular complexity index is 478. The van der Waals surface area contributed by atoms with Gasteiger partial charge in [-0.25, -0.2) is 0 Å². The van der Waals surface area contributed by atoms with Crippen LogP contribution in [0.25, 0.3) is 10.9 Å². The minimum atomic E-state index is -0.463. The number of aliphatic hydroxyl groups is 1. The monoisotopic (exact) mass is 232 g/mol. The molecule has 0 aliphatic heterocycles. The lowest BCUT2D eigenvalue weighted by atomic mass is 9.96. The summed E-state index contributed by atoms with van der Waals surface area (Å²) in [6.07, 6.45) is 4.30. The molecule has 3 nitrogen and oxygen atoms in total. The Morgan fingerprint density at radius 2 is 2.18 bits per heavy atom. The SMILES string of the molecule is CCCC[C@H](O)[C@H](N)c1cccc2[nH]ccc12. The fourth-order valence-corrected chi connectivity index (χ4v) is 2.20. The van der Waals surface area contributed by atoms with Crippen molar-refractivity contribution in [3.8, 4) is 0 Å². The predicted molar refractivity (Wildman–Crippen MR) is 70.8 cm³/mol. The summed E-state index contributed by atoms with van der Waals surface area (Å²) in [5.74, 6) is 0. The molecule has 2 atom stereocenters. The van der Waals surface area contributed by atoms with E-state index in [1.54, 1.807) is 0 Å². The normalized spacial score (nSPS) is 15.0. The number of nitrogens with one attached hydrogen (secondary N) is 1. The van der Waals surface area contributed by atoms with Gasteiger partial charge in [-0.3, -0.25) is 0 Å². The average Bonchev–Trinajstić information content (AvgIpc) is 2.82. The highest BCUT2D eigenvalue weighted by molar-refractivity contribution is 5.83. The minimum Gasteiger partial charge on any atom is -0.391 e. The van der Waals surface area contributed by atoms with Gasteiger partial charge in [0.2, 0.25) is 0 Å². The molecule has 0 saturated heterocycles. The van der Waals surface area contributed by atoms with Crippen LogP contribution in [-0.4, -0.2) is 16.2 Å². The fraction of sp³-hybridized carbons (Fsp3) is 0.429. The molecule has 0 saturated carbocycles. The first-order chi connectivity index (χ1) is 8.24. The van der Waals surface area contributed by atoms with Gasteiger partial charge >= 0.3 is 0 Å². The largest absolute Gasteiger partial charge is 0.391 e. The number of unbranched alkanes of at least 4 members (excludes halogenated alkanes) is 1. The van der Waals surface area contributed by atoms with E-state index < -0.39 is 6.10 Å². The van der Waals surface area contributed by atoms with Crippen molar-refractivity contribution in [3.05, 3.63) is 36.0 Å². The highest BCUT2D eigenvalue weighted by Crippen LogP contribution is 2.25. The van der Waals surface area contributed by atoms with Gasteiger partial charge in [-0.1, -0.05) is 31.9 Å². The van der Waals surface area contributed by atoms with Gasteiger partial charge in [-0.2, -0.15) is 0 Å². The zero-order chi connectivity index (χ0) is 12.3. The predicted octanol–water partition coefficient (Wildman–Crippen LogP) is 2.72. The molecule has 1 aromatic carbocycles. The number of rotatable bonds is 5. The number of aromatic nitrogens is 1. The summed E-state index contributed by atoms with van der Waals surface area (Å²) in [4.78, 5) is 3.16. The highest BCUT2D eigenvalue weighted by Gasteiger charge is 2.18. The third kappa shape index (κ3) is 2.51. The lowest BCUT2D eigenvalue weighted by Gasteiger charge is -2.19. The second-order valence-corrected chi connectivity index (χ2v) is 4.52. The molecule has 3 heteroatoms. The number of H-pyrrole nitrogens is 1. The van der Waals surface area contributed by atoms with E-state index >= 15 is 0 Å². The number of nitrogens with two attached hydrogens (primary N) is 1. The molecule has 4 N–H and O–H groups in total. The van der Waals surface area contributed by atoms with Crippen molar-refractivity contribution in [2.45, 2.75) is 38.3 Å². The second kappa shape index (κ2) is 5.34. The van der Waals surface area contributed by atoms with Crippen LogP contribution in [0.5, 0.6) is 0 Å². The van der Waals surface area contributed by atoms with E-state index in [-0.39, 0.29) is 6.04 Å². The number of aliphatic hydroxyl groups excluding tert-OH is 1. The Hall–Kier alpha value is -1.32. The third-order valence-corrected chi connectivity index (χ3v) is 3.26. The van der Waals surface area contributed by atoms with Gasteiger partial charge in [0, 0.05) is 17.1 Å². The molecule has 0 fully saturated rings. The molecule has 0 unspecified atom stereocenters. The lowest BCUT2D eigenvalue weighted by molar-refractivity contribution is 0.133. The Kier molecular flexibility index (Phi) is 3.82. The molecule has 92 valence electrons. The number of aromatic amines is 1. The molecule has 2 rings (SSSR count). The molecule has 0 radical (unpaired) electrons. The van der Waals surface area contributed by atoms with Crippen LogP contribution < -0.4 is 5.73 Å². The first kappa shape index (κ1) is 12.1. The van der Waals surface area contributed by atoms with Crippen LogP contribution in [-0.2, 0) is 0 Å². The molecule has 0 aliphatic carbocycles. The number of fused-ring (bicyclic) bond motifs is 1. The van der Waals surface area contributed by atoms with Crippen LogP contribution in [0.1, 0.15) is 37.8 Å². The maximum Gasteiger partial charge on any atom is 0.0733 e. The van der Waals surface area contributed by atoms with Crippen molar-refractivity contribution < 1.29 is 5.11 Å². The standard InChI is InChI=1S/C14H20N2O/c1-2-3-7-13(17)14(15)11-5-4-6-12-10(11)8-9-16-12/h4-6,8-9,13-14,16-17H,2-3,7,15H2,1H3/t13-,14+/m0/s1. The van der Waals surface area contributed by atoms with Crippen LogP contribution in [0.2, 0.25) is 0 Å². The van der Waals surface area contributed by atoms with E-state index in [4.69, 9.17) is 5.73 Å². The second-order valence-electron chi connectivity index (χ2n) is 4.52. The maximum absolute atomic E-state index is 10.1. The van der Waals surface area contributed by atoms with Crippen molar-refractivity contribution in [1.29, 1.82) is 0 Å². The van der Waals surface area contributed by atoms with Gasteiger partial charge in [-0.05, 0) is 24.1 Å². The molecule has 1 heterocycles. The van der Waals surface area contributed by atoms with E-state index in [2.05, 4.69) is 11.9 Å². The van der Waals surface area contributed by atoms with E-state index in [0.717, 1.165) is 35.7 Å². The lowest BCUT2D eigenvalue weighted by Crippen LogP contribution is -2.26. The zero-order valence-corrected chi connectivity index (χ0v) is 10.2. The average molecular weight is 232 g/mol. The summed E-state index contributed by atoms with van der Waals surface area (Å²) in [7, 11) is 0. The van der Waals surface area contributed by atoms with E-state index in [0.29, 0.717) is 0 Å². The number of benzene rings is 1. The summed E-state index contributed by atoms with van der Waals surface area (Å²) in [5, 5.41) is 11.2. The highest BCUT2D eigenvalue weighted by atomic mass is 16.3. The van der Waals surface area contributed by atoms with Gasteiger partial charge < -0.3 is 15.8 Å². The van der Waals surface area contributed by atoms with Gasteiger partial charge in [-0.15, -0.1) is 0 Å². The van der Waals surface area contributed by atoms with Crippen molar-refractivity contribution >= 4 is 10.9 Å². The Morgan fingerprint density at radius 1 is 1.35 bits per heavy atom. The van der Waals surface area contributed by atoms with Gasteiger partial charge in [0.1, 0.15) is 0 Å². The summed E-state index contributed by atoms with van der Waals surface area (Å²) >= 11 is 0. The van der Waals surface area contributed by atoms with Gasteiger partial charge in [0.25, 0.3) is 0 Å². The molecule has 17 heavy (non-hydrogen) atoms. The van der Waals surface area contributed by atoms with Crippen LogP contribution in [0.4, 0.5) is 0 Å². The summed E-state index contributed by atoms with van der Waals surface area (Å²) < 4.78 is 0. The van der Waals surface area contributed by atoms with Crippen LogP contribution in [0.15, 0.2) is 30.5 Å². The molecular formula is C14H20N2O. The van der Waals surface area contributed by atoms with Crippen LogP contribution >= 0.6 is 0 Å². The molecule has 0 amide bonds. The van der Waals surface area contributed by atoms with Crippen LogP contribution in [0, 0.1) is 0 Å². The van der Waals surface area contributed by atoms with Crippen molar-refractivity contribution in [1.82, 2.24) is 4.98 Å². The smallest absolute Gasteiger partial charge is 0.0733 e. The third-order valence-electron chi connectivity index (χ3n) is 3.26.